The van der Waals surface area contributed by atoms with Gasteiger partial charge in [-0.15, -0.1) is 0 Å². The lowest BCUT2D eigenvalue weighted by Gasteiger charge is -2.13. The summed E-state index contributed by atoms with van der Waals surface area (Å²) in [6.45, 7) is 2.99. The zero-order valence-corrected chi connectivity index (χ0v) is 17.2. The fourth-order valence-corrected chi connectivity index (χ4v) is 3.82. The molecule has 0 unspecified atom stereocenters. The summed E-state index contributed by atoms with van der Waals surface area (Å²) < 4.78 is 17.3. The second kappa shape index (κ2) is 7.79. The standard InChI is InChI=1S/C23H26N2O4/c1-14-9-15-10-20(27-4)16(11-21(15)28-14)12-24-23(26)22-18(13-25(2)3)17-7-5-6-8-19(17)29-22/h5-8,10-11,14H,9,12-13H2,1-4H3,(H,24,26)/t14-/m0/s1. The zero-order chi connectivity index (χ0) is 20.5. The minimum absolute atomic E-state index is 0.156. The van der Waals surface area contributed by atoms with Crippen LogP contribution in [0.1, 0.15) is 34.2 Å². The third kappa shape index (κ3) is 3.80. The number of benzene rings is 2. The van der Waals surface area contributed by atoms with E-state index in [2.05, 4.69) is 5.32 Å². The van der Waals surface area contributed by atoms with Crippen molar-refractivity contribution in [3.63, 3.8) is 0 Å². The van der Waals surface area contributed by atoms with Crippen molar-refractivity contribution >= 4 is 16.9 Å². The first-order valence-corrected chi connectivity index (χ1v) is 9.76. The molecule has 0 radical (unpaired) electrons. The first-order valence-electron chi connectivity index (χ1n) is 9.76. The van der Waals surface area contributed by atoms with Crippen LogP contribution in [-0.4, -0.2) is 38.1 Å². The summed E-state index contributed by atoms with van der Waals surface area (Å²) in [5.74, 6) is 1.72. The molecule has 1 N–H and O–H groups in total. The molecule has 1 aliphatic rings. The number of carbonyl (C=O) groups excluding carboxylic acids is 1. The Labute approximate surface area is 170 Å². The monoisotopic (exact) mass is 394 g/mol. The molecule has 152 valence electrons. The molecule has 2 aromatic carbocycles. The smallest absolute Gasteiger partial charge is 0.287 e. The number of ether oxygens (including phenoxy) is 2. The number of carbonyl (C=O) groups is 1. The van der Waals surface area contributed by atoms with Gasteiger partial charge in [0, 0.05) is 41.6 Å². The molecule has 4 rings (SSSR count). The highest BCUT2D eigenvalue weighted by atomic mass is 16.5. The zero-order valence-electron chi connectivity index (χ0n) is 17.2. The number of para-hydroxylation sites is 1. The molecule has 29 heavy (non-hydrogen) atoms. The molecule has 1 aromatic heterocycles. The van der Waals surface area contributed by atoms with Crippen LogP contribution < -0.4 is 14.8 Å². The van der Waals surface area contributed by atoms with Gasteiger partial charge in [0.05, 0.1) is 7.11 Å². The van der Waals surface area contributed by atoms with E-state index in [1.54, 1.807) is 7.11 Å². The van der Waals surface area contributed by atoms with Gasteiger partial charge in [-0.05, 0) is 39.2 Å². The van der Waals surface area contributed by atoms with Gasteiger partial charge in [0.2, 0.25) is 0 Å². The molecule has 6 heteroatoms. The molecular formula is C23H26N2O4. The van der Waals surface area contributed by atoms with Crippen molar-refractivity contribution in [2.75, 3.05) is 21.2 Å². The summed E-state index contributed by atoms with van der Waals surface area (Å²) in [6, 6.07) is 11.7. The normalized spacial score (nSPS) is 15.4. The maximum absolute atomic E-state index is 13.0. The average Bonchev–Trinajstić information content (AvgIpc) is 3.24. The molecule has 1 atom stereocenters. The molecular weight excluding hydrogens is 368 g/mol. The summed E-state index contributed by atoms with van der Waals surface area (Å²) in [7, 11) is 5.58. The van der Waals surface area contributed by atoms with Gasteiger partial charge in [0.15, 0.2) is 5.76 Å². The van der Waals surface area contributed by atoms with E-state index in [1.165, 1.54) is 0 Å². The Balaban J connectivity index is 1.59. The molecule has 0 bridgehead atoms. The maximum atomic E-state index is 13.0. The van der Waals surface area contributed by atoms with Crippen LogP contribution in [0.3, 0.4) is 0 Å². The Kier molecular flexibility index (Phi) is 5.20. The minimum Gasteiger partial charge on any atom is -0.496 e. The number of fused-ring (bicyclic) bond motifs is 2. The first kappa shape index (κ1) is 19.3. The Bertz CT molecular complexity index is 1050. The van der Waals surface area contributed by atoms with Crippen LogP contribution in [0.4, 0.5) is 0 Å². The third-order valence-electron chi connectivity index (χ3n) is 5.12. The number of amides is 1. The molecule has 0 spiro atoms. The van der Waals surface area contributed by atoms with E-state index in [0.29, 0.717) is 24.4 Å². The summed E-state index contributed by atoms with van der Waals surface area (Å²) >= 11 is 0. The Hall–Kier alpha value is -2.99. The van der Waals surface area contributed by atoms with Gasteiger partial charge in [0.1, 0.15) is 23.2 Å². The van der Waals surface area contributed by atoms with E-state index in [4.69, 9.17) is 13.9 Å². The largest absolute Gasteiger partial charge is 0.496 e. The number of rotatable bonds is 6. The lowest BCUT2D eigenvalue weighted by molar-refractivity contribution is 0.0922. The first-order chi connectivity index (χ1) is 14.0. The molecule has 1 amide bonds. The maximum Gasteiger partial charge on any atom is 0.287 e. The van der Waals surface area contributed by atoms with E-state index in [1.807, 2.05) is 62.3 Å². The van der Waals surface area contributed by atoms with Crippen LogP contribution in [-0.2, 0) is 19.5 Å². The molecule has 0 saturated carbocycles. The van der Waals surface area contributed by atoms with E-state index < -0.39 is 0 Å². The second-order valence-corrected chi connectivity index (χ2v) is 7.73. The van der Waals surface area contributed by atoms with Gasteiger partial charge in [-0.2, -0.15) is 0 Å². The van der Waals surface area contributed by atoms with Crippen molar-refractivity contribution < 1.29 is 18.7 Å². The third-order valence-corrected chi connectivity index (χ3v) is 5.12. The number of hydrogen-bond donors (Lipinski definition) is 1. The van der Waals surface area contributed by atoms with Crippen LogP contribution in [0.2, 0.25) is 0 Å². The predicted octanol–water partition coefficient (Wildman–Crippen LogP) is 3.76. The SMILES string of the molecule is COc1cc2c(cc1CNC(=O)c1oc3ccccc3c1CN(C)C)O[C@@H](C)C2. The summed E-state index contributed by atoms with van der Waals surface area (Å²) in [5.41, 5.74) is 3.61. The average molecular weight is 394 g/mol. The van der Waals surface area contributed by atoms with E-state index in [0.717, 1.165) is 40.0 Å². The number of methoxy groups -OCH3 is 1. The fraction of sp³-hybridized carbons (Fsp3) is 0.348. The van der Waals surface area contributed by atoms with Gasteiger partial charge in [-0.3, -0.25) is 4.79 Å². The van der Waals surface area contributed by atoms with Gasteiger partial charge in [-0.25, -0.2) is 0 Å². The number of nitrogens with one attached hydrogen (secondary N) is 1. The Morgan fingerprint density at radius 3 is 2.83 bits per heavy atom. The van der Waals surface area contributed by atoms with Gasteiger partial charge >= 0.3 is 0 Å². The van der Waals surface area contributed by atoms with Crippen molar-refractivity contribution in [2.45, 2.75) is 32.5 Å². The summed E-state index contributed by atoms with van der Waals surface area (Å²) in [4.78, 5) is 15.0. The van der Waals surface area contributed by atoms with Crippen molar-refractivity contribution in [1.29, 1.82) is 0 Å². The van der Waals surface area contributed by atoms with Crippen LogP contribution in [0, 0.1) is 0 Å². The van der Waals surface area contributed by atoms with Crippen LogP contribution >= 0.6 is 0 Å². The summed E-state index contributed by atoms with van der Waals surface area (Å²) in [6.07, 6.45) is 1.02. The molecule has 6 nitrogen and oxygen atoms in total. The second-order valence-electron chi connectivity index (χ2n) is 7.73. The highest BCUT2D eigenvalue weighted by molar-refractivity contribution is 5.99. The van der Waals surface area contributed by atoms with Crippen molar-refractivity contribution in [2.24, 2.45) is 0 Å². The number of furan rings is 1. The topological polar surface area (TPSA) is 63.9 Å². The van der Waals surface area contributed by atoms with Crippen LogP contribution in [0.5, 0.6) is 11.5 Å². The molecule has 1 aliphatic heterocycles. The predicted molar refractivity (Wildman–Crippen MR) is 112 cm³/mol. The van der Waals surface area contributed by atoms with Crippen molar-refractivity contribution in [3.8, 4) is 11.5 Å². The van der Waals surface area contributed by atoms with Crippen LogP contribution in [0.15, 0.2) is 40.8 Å². The molecule has 0 aliphatic carbocycles. The highest BCUT2D eigenvalue weighted by Gasteiger charge is 2.24. The Morgan fingerprint density at radius 1 is 1.28 bits per heavy atom. The van der Waals surface area contributed by atoms with E-state index >= 15 is 0 Å². The van der Waals surface area contributed by atoms with Crippen LogP contribution in [0.25, 0.3) is 11.0 Å². The fourth-order valence-electron chi connectivity index (χ4n) is 3.82. The number of nitrogens with zero attached hydrogens (tertiary/aromatic N) is 1. The van der Waals surface area contributed by atoms with Crippen molar-refractivity contribution in [3.05, 3.63) is 58.8 Å². The van der Waals surface area contributed by atoms with Crippen molar-refractivity contribution in [1.82, 2.24) is 10.2 Å². The molecule has 3 aromatic rings. The quantitative estimate of drug-likeness (QED) is 0.690. The van der Waals surface area contributed by atoms with E-state index in [-0.39, 0.29) is 12.0 Å². The lowest BCUT2D eigenvalue weighted by Crippen LogP contribution is -2.24. The van der Waals surface area contributed by atoms with Gasteiger partial charge in [0.25, 0.3) is 5.91 Å². The van der Waals surface area contributed by atoms with E-state index in [9.17, 15) is 4.79 Å². The molecule has 0 fully saturated rings. The Morgan fingerprint density at radius 2 is 2.07 bits per heavy atom. The van der Waals surface area contributed by atoms with Gasteiger partial charge in [-0.1, -0.05) is 18.2 Å². The van der Waals surface area contributed by atoms with Gasteiger partial charge < -0.3 is 24.1 Å². The molecule has 0 saturated heterocycles. The number of hydrogen-bond acceptors (Lipinski definition) is 5. The minimum atomic E-state index is -0.241. The summed E-state index contributed by atoms with van der Waals surface area (Å²) in [5, 5.41) is 3.94. The highest BCUT2D eigenvalue weighted by Crippen LogP contribution is 2.35. The molecule has 2 heterocycles. The lowest BCUT2D eigenvalue weighted by atomic mass is 10.1.